The van der Waals surface area contributed by atoms with Crippen LogP contribution in [0.25, 0.3) is 0 Å². The Morgan fingerprint density at radius 2 is 1.86 bits per heavy atom. The minimum atomic E-state index is -0.0752. The number of carbonyl (C=O) groups is 1. The van der Waals surface area contributed by atoms with Crippen molar-refractivity contribution in [2.45, 2.75) is 84.3 Å². The van der Waals surface area contributed by atoms with Crippen molar-refractivity contribution in [1.82, 2.24) is 14.8 Å². The number of aliphatic hydroxyl groups is 1. The Hall–Kier alpha value is -1.23. The standard InChI is InChI=1S/C23H35N3O2/c1-22-9-7-16(27)11-15(22)3-4-17-18-5-6-20(23(18,2)10-8-19(17)22)21(28)12-26-14-24-13-25-26/h13-20,27H,3-12H2,1-2H3/t15-,16-,17+,18+,19+,20-,22+,23+/m1/s1. The lowest BCUT2D eigenvalue weighted by Crippen LogP contribution is -2.54. The Morgan fingerprint density at radius 3 is 2.64 bits per heavy atom. The molecule has 8 atom stereocenters. The first-order chi connectivity index (χ1) is 13.4. The molecule has 0 bridgehead atoms. The molecule has 1 heterocycles. The van der Waals surface area contributed by atoms with E-state index < -0.39 is 0 Å². The molecule has 0 unspecified atom stereocenters. The number of Topliss-reactive ketones (excluding diaryl/α,β-unsaturated/α-hetero) is 1. The van der Waals surface area contributed by atoms with Crippen molar-refractivity contribution in [3.8, 4) is 0 Å². The largest absolute Gasteiger partial charge is 0.393 e. The zero-order chi connectivity index (χ0) is 19.5. The maximum Gasteiger partial charge on any atom is 0.157 e. The molecule has 0 aromatic carbocycles. The van der Waals surface area contributed by atoms with Crippen LogP contribution in [0.5, 0.6) is 0 Å². The predicted molar refractivity (Wildman–Crippen MR) is 106 cm³/mol. The summed E-state index contributed by atoms with van der Waals surface area (Å²) in [4.78, 5) is 17.1. The number of aromatic nitrogens is 3. The van der Waals surface area contributed by atoms with Crippen LogP contribution >= 0.6 is 0 Å². The highest BCUT2D eigenvalue weighted by atomic mass is 16.3. The van der Waals surface area contributed by atoms with Crippen molar-refractivity contribution in [1.29, 1.82) is 0 Å². The minimum Gasteiger partial charge on any atom is -0.393 e. The molecule has 1 aromatic heterocycles. The van der Waals surface area contributed by atoms with Crippen LogP contribution < -0.4 is 0 Å². The summed E-state index contributed by atoms with van der Waals surface area (Å²) >= 11 is 0. The highest BCUT2D eigenvalue weighted by Gasteiger charge is 2.61. The fourth-order valence-electron chi connectivity index (χ4n) is 8.35. The van der Waals surface area contributed by atoms with Gasteiger partial charge < -0.3 is 5.11 Å². The van der Waals surface area contributed by atoms with Gasteiger partial charge >= 0.3 is 0 Å². The smallest absolute Gasteiger partial charge is 0.157 e. The third kappa shape index (κ3) is 2.72. The Labute approximate surface area is 168 Å². The molecule has 0 radical (unpaired) electrons. The maximum absolute atomic E-state index is 13.1. The molecule has 4 fully saturated rings. The third-order valence-corrected chi connectivity index (χ3v) is 9.81. The van der Waals surface area contributed by atoms with Crippen molar-refractivity contribution < 1.29 is 9.90 Å². The van der Waals surface area contributed by atoms with Crippen molar-refractivity contribution >= 4 is 5.78 Å². The first-order valence-corrected chi connectivity index (χ1v) is 11.4. The van der Waals surface area contributed by atoms with E-state index in [9.17, 15) is 9.90 Å². The topological polar surface area (TPSA) is 68.0 Å². The molecule has 0 saturated heterocycles. The normalized spacial score (nSPS) is 47.8. The van der Waals surface area contributed by atoms with Crippen LogP contribution in [0, 0.1) is 40.4 Å². The quantitative estimate of drug-likeness (QED) is 0.858. The van der Waals surface area contributed by atoms with Gasteiger partial charge in [-0.05, 0) is 92.3 Å². The number of hydrogen-bond donors (Lipinski definition) is 1. The predicted octanol–water partition coefficient (Wildman–Crippen LogP) is 3.87. The first-order valence-electron chi connectivity index (χ1n) is 11.4. The van der Waals surface area contributed by atoms with E-state index >= 15 is 0 Å². The molecular weight excluding hydrogens is 350 g/mol. The fourth-order valence-corrected chi connectivity index (χ4v) is 8.35. The van der Waals surface area contributed by atoms with Gasteiger partial charge in [0.15, 0.2) is 5.78 Å². The van der Waals surface area contributed by atoms with E-state index in [0.717, 1.165) is 31.1 Å². The number of nitrogens with zero attached hydrogens (tertiary/aromatic N) is 3. The summed E-state index contributed by atoms with van der Waals surface area (Å²) in [5.74, 6) is 3.50. The minimum absolute atomic E-state index is 0.0752. The number of ketones is 1. The Balaban J connectivity index is 1.36. The van der Waals surface area contributed by atoms with Crippen molar-refractivity contribution in [2.24, 2.45) is 40.4 Å². The van der Waals surface area contributed by atoms with Gasteiger partial charge in [0.1, 0.15) is 19.2 Å². The van der Waals surface area contributed by atoms with Gasteiger partial charge in [0, 0.05) is 5.92 Å². The van der Waals surface area contributed by atoms with Crippen molar-refractivity contribution in [3.05, 3.63) is 12.7 Å². The van der Waals surface area contributed by atoms with E-state index in [4.69, 9.17) is 0 Å². The van der Waals surface area contributed by atoms with Gasteiger partial charge in [-0.15, -0.1) is 0 Å². The fraction of sp³-hybridized carbons (Fsp3) is 0.870. The molecule has 1 aromatic rings. The molecule has 28 heavy (non-hydrogen) atoms. The molecule has 4 aliphatic rings. The zero-order valence-corrected chi connectivity index (χ0v) is 17.4. The van der Waals surface area contributed by atoms with E-state index in [1.54, 1.807) is 11.0 Å². The second-order valence-electron chi connectivity index (χ2n) is 10.8. The van der Waals surface area contributed by atoms with Gasteiger partial charge in [0.2, 0.25) is 0 Å². The van der Waals surface area contributed by atoms with Gasteiger partial charge in [-0.25, -0.2) is 9.67 Å². The molecule has 1 N–H and O–H groups in total. The lowest BCUT2D eigenvalue weighted by molar-refractivity contribution is -0.140. The van der Waals surface area contributed by atoms with E-state index in [2.05, 4.69) is 23.9 Å². The molecule has 0 spiro atoms. The summed E-state index contributed by atoms with van der Waals surface area (Å²) in [5.41, 5.74) is 0.572. The number of hydrogen-bond acceptors (Lipinski definition) is 4. The van der Waals surface area contributed by atoms with Crippen LogP contribution in [-0.2, 0) is 11.3 Å². The molecular formula is C23H35N3O2. The highest BCUT2D eigenvalue weighted by Crippen LogP contribution is 2.67. The maximum atomic E-state index is 13.1. The Bertz CT molecular complexity index is 734. The lowest BCUT2D eigenvalue weighted by atomic mass is 9.44. The molecule has 5 rings (SSSR count). The van der Waals surface area contributed by atoms with Gasteiger partial charge in [-0.1, -0.05) is 13.8 Å². The van der Waals surface area contributed by atoms with E-state index in [1.165, 1.54) is 44.9 Å². The van der Waals surface area contributed by atoms with E-state index in [0.29, 0.717) is 29.6 Å². The number of carbonyl (C=O) groups excluding carboxylic acids is 1. The average Bonchev–Trinajstić information content (AvgIpc) is 3.29. The molecule has 0 aliphatic heterocycles. The molecule has 5 nitrogen and oxygen atoms in total. The summed E-state index contributed by atoms with van der Waals surface area (Å²) in [6.45, 7) is 5.33. The molecule has 4 aliphatic carbocycles. The van der Waals surface area contributed by atoms with E-state index in [1.807, 2.05) is 0 Å². The monoisotopic (exact) mass is 385 g/mol. The second kappa shape index (κ2) is 6.65. The van der Waals surface area contributed by atoms with Crippen molar-refractivity contribution in [2.75, 3.05) is 0 Å². The summed E-state index contributed by atoms with van der Waals surface area (Å²) in [6.07, 6.45) is 13.6. The molecule has 0 amide bonds. The second-order valence-corrected chi connectivity index (χ2v) is 10.8. The van der Waals surface area contributed by atoms with Crippen molar-refractivity contribution in [3.63, 3.8) is 0 Å². The van der Waals surface area contributed by atoms with Gasteiger partial charge in [0.25, 0.3) is 0 Å². The van der Waals surface area contributed by atoms with Gasteiger partial charge in [0.05, 0.1) is 6.10 Å². The average molecular weight is 386 g/mol. The van der Waals surface area contributed by atoms with Gasteiger partial charge in [-0.3, -0.25) is 4.79 Å². The molecule has 4 saturated carbocycles. The van der Waals surface area contributed by atoms with E-state index in [-0.39, 0.29) is 17.4 Å². The summed E-state index contributed by atoms with van der Waals surface area (Å²) in [5, 5.41) is 14.3. The zero-order valence-electron chi connectivity index (χ0n) is 17.4. The lowest BCUT2D eigenvalue weighted by Gasteiger charge is -2.60. The van der Waals surface area contributed by atoms with Crippen LogP contribution in [0.15, 0.2) is 12.7 Å². The Morgan fingerprint density at radius 1 is 1.07 bits per heavy atom. The molecule has 5 heteroatoms. The molecule has 154 valence electrons. The van der Waals surface area contributed by atoms with Crippen LogP contribution in [0.4, 0.5) is 0 Å². The number of rotatable bonds is 3. The SMILES string of the molecule is C[C@]12CC[C@@H](O)C[C@H]1CC[C@@H]1[C@@H]2CC[C@]2(C)[C@@H](C(=O)Cn3cncn3)CC[C@@H]12. The van der Waals surface area contributed by atoms with Crippen LogP contribution in [-0.4, -0.2) is 31.8 Å². The van der Waals surface area contributed by atoms with Gasteiger partial charge in [-0.2, -0.15) is 5.10 Å². The van der Waals surface area contributed by atoms with Crippen LogP contribution in [0.2, 0.25) is 0 Å². The highest BCUT2D eigenvalue weighted by molar-refractivity contribution is 5.82. The number of fused-ring (bicyclic) bond motifs is 5. The number of aliphatic hydroxyl groups excluding tert-OH is 1. The summed E-state index contributed by atoms with van der Waals surface area (Å²) < 4.78 is 1.68. The third-order valence-electron chi connectivity index (χ3n) is 9.81. The first kappa shape index (κ1) is 18.8. The summed E-state index contributed by atoms with van der Waals surface area (Å²) in [7, 11) is 0. The van der Waals surface area contributed by atoms with Crippen LogP contribution in [0.3, 0.4) is 0 Å². The summed E-state index contributed by atoms with van der Waals surface area (Å²) in [6, 6.07) is 0. The Kier molecular flexibility index (Phi) is 4.46. The van der Waals surface area contributed by atoms with Crippen LogP contribution in [0.1, 0.15) is 71.6 Å².